The van der Waals surface area contributed by atoms with E-state index in [0.717, 1.165) is 6.54 Å². The zero-order valence-electron chi connectivity index (χ0n) is 10.6. The molecule has 1 aromatic heterocycles. The second kappa shape index (κ2) is 5.03. The molecule has 1 aromatic rings. The lowest BCUT2D eigenvalue weighted by atomic mass is 10.1. The van der Waals surface area contributed by atoms with Gasteiger partial charge in [-0.25, -0.2) is 4.57 Å². The number of aliphatic hydroxyl groups is 1. The first kappa shape index (κ1) is 13.0. The molecular formula is C11H18N4O3. The lowest BCUT2D eigenvalue weighted by Gasteiger charge is -2.12. The van der Waals surface area contributed by atoms with Gasteiger partial charge in [0.2, 0.25) is 0 Å². The van der Waals surface area contributed by atoms with Crippen molar-refractivity contribution >= 4 is 5.95 Å². The topological polar surface area (TPSA) is 84.2 Å². The molecule has 1 unspecified atom stereocenters. The van der Waals surface area contributed by atoms with Gasteiger partial charge in [-0.2, -0.15) is 0 Å². The van der Waals surface area contributed by atoms with E-state index in [1.165, 1.54) is 17.0 Å². The molecular weight excluding hydrogens is 236 g/mol. The normalized spacial score (nSPS) is 24.2. The van der Waals surface area contributed by atoms with Gasteiger partial charge in [-0.15, -0.1) is 0 Å². The highest BCUT2D eigenvalue weighted by Gasteiger charge is 2.37. The van der Waals surface area contributed by atoms with Crippen molar-refractivity contribution in [3.63, 3.8) is 0 Å². The minimum atomic E-state index is -0.610. The zero-order valence-corrected chi connectivity index (χ0v) is 10.6. The SMILES string of the molecule is CC(C)[C@H]1CN1C[C@H](O)Cn1ccnc1[N+](=O)[O-]. The first-order valence-electron chi connectivity index (χ1n) is 6.06. The monoisotopic (exact) mass is 254 g/mol. The Morgan fingerprint density at radius 1 is 1.61 bits per heavy atom. The van der Waals surface area contributed by atoms with Gasteiger partial charge in [-0.3, -0.25) is 4.90 Å². The van der Waals surface area contributed by atoms with E-state index >= 15 is 0 Å². The van der Waals surface area contributed by atoms with Crippen molar-refractivity contribution in [2.24, 2.45) is 5.92 Å². The summed E-state index contributed by atoms with van der Waals surface area (Å²) in [5, 5.41) is 20.6. The average Bonchev–Trinajstić information content (AvgIpc) is 2.87. The second-order valence-corrected chi connectivity index (χ2v) is 5.06. The number of aliphatic hydroxyl groups excluding tert-OH is 1. The van der Waals surface area contributed by atoms with Gasteiger partial charge >= 0.3 is 5.95 Å². The highest BCUT2D eigenvalue weighted by molar-refractivity contribution is 5.06. The molecule has 2 rings (SSSR count). The largest absolute Gasteiger partial charge is 0.434 e. The predicted octanol–water partition coefficient (Wildman–Crippen LogP) is 0.492. The lowest BCUT2D eigenvalue weighted by molar-refractivity contribution is -0.397. The number of β-amino-alcohol motifs (C(OH)–C–C–N with tert-alkyl or cyclic N) is 1. The minimum Gasteiger partial charge on any atom is -0.390 e. The van der Waals surface area contributed by atoms with E-state index in [-0.39, 0.29) is 12.5 Å². The quantitative estimate of drug-likeness (QED) is 0.454. The Hall–Kier alpha value is -1.47. The maximum absolute atomic E-state index is 10.7. The Bertz CT molecular complexity index is 432. The fourth-order valence-corrected chi connectivity index (χ4v) is 2.21. The molecule has 1 fully saturated rings. The molecule has 0 amide bonds. The third kappa shape index (κ3) is 2.85. The third-order valence-corrected chi connectivity index (χ3v) is 3.24. The number of hydrogen-bond acceptors (Lipinski definition) is 5. The number of nitro groups is 1. The number of rotatable bonds is 6. The van der Waals surface area contributed by atoms with Crippen LogP contribution in [0.3, 0.4) is 0 Å². The Morgan fingerprint density at radius 3 is 2.89 bits per heavy atom. The van der Waals surface area contributed by atoms with Crippen LogP contribution in [-0.4, -0.2) is 49.7 Å². The average molecular weight is 254 g/mol. The smallest absolute Gasteiger partial charge is 0.390 e. The Kier molecular flexibility index (Phi) is 3.63. The highest BCUT2D eigenvalue weighted by atomic mass is 16.6. The van der Waals surface area contributed by atoms with Gasteiger partial charge in [0.05, 0.1) is 12.6 Å². The van der Waals surface area contributed by atoms with E-state index in [4.69, 9.17) is 0 Å². The summed E-state index contributed by atoms with van der Waals surface area (Å²) in [6, 6.07) is 0.539. The van der Waals surface area contributed by atoms with Crippen LogP contribution in [-0.2, 0) is 6.54 Å². The molecule has 0 bridgehead atoms. The molecule has 2 heterocycles. The van der Waals surface area contributed by atoms with E-state index in [9.17, 15) is 15.2 Å². The maximum Gasteiger partial charge on any atom is 0.434 e. The zero-order chi connectivity index (χ0) is 13.3. The van der Waals surface area contributed by atoms with Gasteiger partial charge < -0.3 is 15.2 Å². The fourth-order valence-electron chi connectivity index (χ4n) is 2.21. The summed E-state index contributed by atoms with van der Waals surface area (Å²) in [7, 11) is 0. The van der Waals surface area contributed by atoms with Crippen molar-refractivity contribution in [3.05, 3.63) is 22.5 Å². The van der Waals surface area contributed by atoms with Gasteiger partial charge in [-0.1, -0.05) is 18.8 Å². The van der Waals surface area contributed by atoms with Crippen LogP contribution in [0.15, 0.2) is 12.4 Å². The highest BCUT2D eigenvalue weighted by Crippen LogP contribution is 2.25. The summed E-state index contributed by atoms with van der Waals surface area (Å²) < 4.78 is 1.37. The molecule has 0 radical (unpaired) electrons. The molecule has 7 heteroatoms. The predicted molar refractivity (Wildman–Crippen MR) is 65.1 cm³/mol. The molecule has 0 saturated carbocycles. The molecule has 100 valence electrons. The van der Waals surface area contributed by atoms with Crippen LogP contribution >= 0.6 is 0 Å². The van der Waals surface area contributed by atoms with Gasteiger partial charge in [0.1, 0.15) is 12.4 Å². The summed E-state index contributed by atoms with van der Waals surface area (Å²) in [5.41, 5.74) is 0. The number of imidazole rings is 1. The van der Waals surface area contributed by atoms with Crippen LogP contribution < -0.4 is 0 Å². The van der Waals surface area contributed by atoms with Gasteiger partial charge in [0.15, 0.2) is 0 Å². The fraction of sp³-hybridized carbons (Fsp3) is 0.727. The van der Waals surface area contributed by atoms with Crippen LogP contribution in [0.5, 0.6) is 0 Å². The Labute approximate surface area is 105 Å². The van der Waals surface area contributed by atoms with Crippen molar-refractivity contribution in [1.29, 1.82) is 0 Å². The molecule has 1 N–H and O–H groups in total. The molecule has 1 saturated heterocycles. The van der Waals surface area contributed by atoms with Crippen LogP contribution in [0.25, 0.3) is 0 Å². The van der Waals surface area contributed by atoms with E-state index in [1.54, 1.807) is 0 Å². The molecule has 18 heavy (non-hydrogen) atoms. The first-order valence-corrected chi connectivity index (χ1v) is 6.06. The summed E-state index contributed by atoms with van der Waals surface area (Å²) >= 11 is 0. The molecule has 0 aromatic carbocycles. The van der Waals surface area contributed by atoms with Crippen LogP contribution in [0.1, 0.15) is 13.8 Å². The lowest BCUT2D eigenvalue weighted by Crippen LogP contribution is -2.26. The van der Waals surface area contributed by atoms with Crippen molar-refractivity contribution < 1.29 is 10.0 Å². The molecule has 1 aliphatic heterocycles. The van der Waals surface area contributed by atoms with Crippen LogP contribution in [0.4, 0.5) is 5.95 Å². The molecule has 1 aliphatic rings. The van der Waals surface area contributed by atoms with Gasteiger partial charge in [0.25, 0.3) is 0 Å². The number of nitrogens with zero attached hydrogens (tertiary/aromatic N) is 4. The van der Waals surface area contributed by atoms with E-state index < -0.39 is 11.0 Å². The van der Waals surface area contributed by atoms with Crippen molar-refractivity contribution in [1.82, 2.24) is 14.5 Å². The summed E-state index contributed by atoms with van der Waals surface area (Å²) in [6.45, 7) is 6.06. The Morgan fingerprint density at radius 2 is 2.33 bits per heavy atom. The first-order chi connectivity index (χ1) is 8.49. The van der Waals surface area contributed by atoms with Crippen LogP contribution in [0, 0.1) is 16.0 Å². The van der Waals surface area contributed by atoms with Crippen molar-refractivity contribution in [2.75, 3.05) is 13.1 Å². The minimum absolute atomic E-state index is 0.206. The maximum atomic E-state index is 10.7. The Balaban J connectivity index is 1.86. The molecule has 0 aliphatic carbocycles. The summed E-state index contributed by atoms with van der Waals surface area (Å²) in [5.74, 6) is 0.361. The standard InChI is InChI=1S/C11H18N4O3/c1-8(2)10-7-14(10)6-9(16)5-13-4-3-12-11(13)15(17)18/h3-4,8-10,16H,5-7H2,1-2H3/t9-,10-,14?/m1/s1. The molecule has 3 atom stereocenters. The molecule has 7 nitrogen and oxygen atoms in total. The number of hydrogen-bond donors (Lipinski definition) is 1. The third-order valence-electron chi connectivity index (χ3n) is 3.24. The number of aromatic nitrogens is 2. The van der Waals surface area contributed by atoms with Crippen molar-refractivity contribution in [3.8, 4) is 0 Å². The van der Waals surface area contributed by atoms with E-state index in [1.807, 2.05) is 0 Å². The summed E-state index contributed by atoms with van der Waals surface area (Å²) in [4.78, 5) is 16.0. The van der Waals surface area contributed by atoms with Gasteiger partial charge in [-0.05, 0) is 10.8 Å². The van der Waals surface area contributed by atoms with Crippen LogP contribution in [0.2, 0.25) is 0 Å². The van der Waals surface area contributed by atoms with Crippen molar-refractivity contribution in [2.45, 2.75) is 32.5 Å². The molecule has 0 spiro atoms. The summed E-state index contributed by atoms with van der Waals surface area (Å²) in [6.07, 6.45) is 2.28. The second-order valence-electron chi connectivity index (χ2n) is 5.06. The van der Waals surface area contributed by atoms with E-state index in [2.05, 4.69) is 23.7 Å². The van der Waals surface area contributed by atoms with Gasteiger partial charge in [0, 0.05) is 19.1 Å². The van der Waals surface area contributed by atoms with E-state index in [0.29, 0.717) is 18.5 Å².